The number of aliphatic imine (C=N–C) groups is 1. The Kier molecular flexibility index (Phi) is 4.96. The lowest BCUT2D eigenvalue weighted by Crippen LogP contribution is -2.07. The second-order valence-corrected chi connectivity index (χ2v) is 1.46. The summed E-state index contributed by atoms with van der Waals surface area (Å²) in [5.74, 6) is 0. The molecular formula is C7H10N2O. The summed E-state index contributed by atoms with van der Waals surface area (Å²) in [6.07, 6.45) is 5.23. The molecule has 1 N–H and O–H groups in total. The van der Waals surface area contributed by atoms with Crippen LogP contribution in [0.15, 0.2) is 29.5 Å². The van der Waals surface area contributed by atoms with Gasteiger partial charge in [0, 0.05) is 12.4 Å². The van der Waals surface area contributed by atoms with E-state index in [4.69, 9.17) is 0 Å². The molecule has 0 aliphatic carbocycles. The minimum atomic E-state index is 0.582. The Labute approximate surface area is 60.2 Å². The summed E-state index contributed by atoms with van der Waals surface area (Å²) in [7, 11) is 0. The zero-order chi connectivity index (χ0) is 7.82. The van der Waals surface area contributed by atoms with E-state index in [-0.39, 0.29) is 0 Å². The van der Waals surface area contributed by atoms with Crippen molar-refractivity contribution >= 4 is 12.6 Å². The third kappa shape index (κ3) is 3.60. The van der Waals surface area contributed by atoms with Gasteiger partial charge in [-0.05, 0) is 13.0 Å². The Hall–Kier alpha value is -1.38. The van der Waals surface area contributed by atoms with Crippen molar-refractivity contribution in [3.8, 4) is 0 Å². The van der Waals surface area contributed by atoms with E-state index in [2.05, 4.69) is 16.9 Å². The van der Waals surface area contributed by atoms with Crippen LogP contribution in [0.5, 0.6) is 0 Å². The van der Waals surface area contributed by atoms with E-state index < -0.39 is 0 Å². The van der Waals surface area contributed by atoms with Gasteiger partial charge in [-0.15, -0.1) is 0 Å². The molecular weight excluding hydrogens is 128 g/mol. The van der Waals surface area contributed by atoms with Crippen molar-refractivity contribution in [1.82, 2.24) is 5.32 Å². The van der Waals surface area contributed by atoms with Crippen molar-refractivity contribution < 1.29 is 4.79 Å². The molecule has 0 spiro atoms. The molecule has 0 bridgehead atoms. The van der Waals surface area contributed by atoms with E-state index in [1.165, 1.54) is 12.3 Å². The van der Waals surface area contributed by atoms with E-state index >= 15 is 0 Å². The fourth-order valence-electron chi connectivity index (χ4n) is 0.372. The Bertz CT molecular complexity index is 170. The molecule has 0 aliphatic heterocycles. The maximum atomic E-state index is 9.89. The molecule has 0 heterocycles. The average molecular weight is 138 g/mol. The molecule has 0 saturated carbocycles. The monoisotopic (exact) mass is 138 g/mol. The van der Waals surface area contributed by atoms with Crippen LogP contribution in [0.3, 0.4) is 0 Å². The summed E-state index contributed by atoms with van der Waals surface area (Å²) >= 11 is 0. The van der Waals surface area contributed by atoms with Crippen molar-refractivity contribution in [2.45, 2.75) is 6.92 Å². The molecule has 0 radical (unpaired) electrons. The molecule has 0 fully saturated rings. The maximum Gasteiger partial charge on any atom is 0.211 e. The van der Waals surface area contributed by atoms with Crippen molar-refractivity contribution in [3.63, 3.8) is 0 Å². The minimum absolute atomic E-state index is 0.582. The topological polar surface area (TPSA) is 41.5 Å². The molecule has 0 aliphatic rings. The van der Waals surface area contributed by atoms with Gasteiger partial charge in [0.05, 0.1) is 5.70 Å². The second-order valence-electron chi connectivity index (χ2n) is 1.46. The summed E-state index contributed by atoms with van der Waals surface area (Å²) in [4.78, 5) is 13.7. The molecule has 54 valence electrons. The van der Waals surface area contributed by atoms with Gasteiger partial charge in [0.2, 0.25) is 6.41 Å². The van der Waals surface area contributed by atoms with E-state index in [9.17, 15) is 4.79 Å². The Balaban J connectivity index is 4.02. The number of nitrogens with zero attached hydrogens (tertiary/aromatic N) is 1. The molecule has 1 amide bonds. The van der Waals surface area contributed by atoms with E-state index in [0.29, 0.717) is 12.1 Å². The zero-order valence-corrected chi connectivity index (χ0v) is 5.87. The van der Waals surface area contributed by atoms with Crippen LogP contribution < -0.4 is 5.32 Å². The largest absolute Gasteiger partial charge is 0.327 e. The Morgan fingerprint density at radius 1 is 1.70 bits per heavy atom. The van der Waals surface area contributed by atoms with Crippen LogP contribution in [0.2, 0.25) is 0 Å². The van der Waals surface area contributed by atoms with Crippen molar-refractivity contribution in [3.05, 3.63) is 24.6 Å². The summed E-state index contributed by atoms with van der Waals surface area (Å²) in [6.45, 7) is 5.26. The molecule has 0 unspecified atom stereocenters. The highest BCUT2D eigenvalue weighted by atomic mass is 16.1. The average Bonchev–Trinajstić information content (AvgIpc) is 1.98. The van der Waals surface area contributed by atoms with Crippen LogP contribution in [0.1, 0.15) is 6.92 Å². The Morgan fingerprint density at radius 3 is 2.80 bits per heavy atom. The number of hydrogen-bond acceptors (Lipinski definition) is 2. The lowest BCUT2D eigenvalue weighted by Gasteiger charge is -1.93. The second kappa shape index (κ2) is 5.75. The number of carbonyl (C=O) groups excluding carboxylic acids is 1. The van der Waals surface area contributed by atoms with Gasteiger partial charge in [-0.3, -0.25) is 9.79 Å². The standard InChI is InChI=1S/C7H10N2O/c1-3-7(9-6-10)5-8-4-2/h3-6H,1H2,2H3,(H,9,10)/b7-5+,8-4?. The first-order chi connectivity index (χ1) is 4.85. The molecule has 10 heavy (non-hydrogen) atoms. The van der Waals surface area contributed by atoms with Gasteiger partial charge in [0.25, 0.3) is 0 Å². The smallest absolute Gasteiger partial charge is 0.211 e. The summed E-state index contributed by atoms with van der Waals surface area (Å²) in [5.41, 5.74) is 0.591. The molecule has 0 aromatic rings. The van der Waals surface area contributed by atoms with Gasteiger partial charge in [0.15, 0.2) is 0 Å². The van der Waals surface area contributed by atoms with Crippen molar-refractivity contribution in [2.75, 3.05) is 0 Å². The zero-order valence-electron chi connectivity index (χ0n) is 5.87. The maximum absolute atomic E-state index is 9.89. The fourth-order valence-corrected chi connectivity index (χ4v) is 0.372. The Morgan fingerprint density at radius 2 is 2.40 bits per heavy atom. The number of hydrogen-bond donors (Lipinski definition) is 1. The van der Waals surface area contributed by atoms with Gasteiger partial charge in [-0.1, -0.05) is 6.58 Å². The van der Waals surface area contributed by atoms with E-state index in [1.54, 1.807) is 13.1 Å². The van der Waals surface area contributed by atoms with E-state index in [1.807, 2.05) is 0 Å². The highest BCUT2D eigenvalue weighted by molar-refractivity contribution is 5.55. The quantitative estimate of drug-likeness (QED) is 0.349. The predicted molar refractivity (Wildman–Crippen MR) is 41.6 cm³/mol. The van der Waals surface area contributed by atoms with Crippen molar-refractivity contribution in [1.29, 1.82) is 0 Å². The van der Waals surface area contributed by atoms with Crippen LogP contribution >= 0.6 is 0 Å². The van der Waals surface area contributed by atoms with Crippen LogP contribution in [-0.2, 0) is 4.79 Å². The molecule has 0 aromatic carbocycles. The summed E-state index contributed by atoms with van der Waals surface area (Å²) in [5, 5.41) is 2.42. The molecule has 3 nitrogen and oxygen atoms in total. The summed E-state index contributed by atoms with van der Waals surface area (Å²) in [6, 6.07) is 0. The molecule has 0 aromatic heterocycles. The third-order valence-corrected chi connectivity index (χ3v) is 0.808. The lowest BCUT2D eigenvalue weighted by atomic mass is 10.5. The van der Waals surface area contributed by atoms with Gasteiger partial charge in [-0.2, -0.15) is 0 Å². The molecule has 0 saturated heterocycles. The minimum Gasteiger partial charge on any atom is -0.327 e. The van der Waals surface area contributed by atoms with Gasteiger partial charge in [-0.25, -0.2) is 0 Å². The number of carbonyl (C=O) groups is 1. The normalized spacial score (nSPS) is 11.5. The molecule has 0 rings (SSSR count). The molecule has 3 heteroatoms. The van der Waals surface area contributed by atoms with Crippen LogP contribution in [-0.4, -0.2) is 12.6 Å². The first kappa shape index (κ1) is 8.62. The summed E-state index contributed by atoms with van der Waals surface area (Å²) < 4.78 is 0. The number of nitrogens with one attached hydrogen (secondary N) is 1. The number of amides is 1. The third-order valence-electron chi connectivity index (χ3n) is 0.808. The SMILES string of the molecule is C=C/C(=C\N=CC)NC=O. The van der Waals surface area contributed by atoms with Crippen LogP contribution in [0.25, 0.3) is 0 Å². The lowest BCUT2D eigenvalue weighted by molar-refractivity contribution is -0.108. The van der Waals surface area contributed by atoms with E-state index in [0.717, 1.165) is 0 Å². The van der Waals surface area contributed by atoms with Crippen molar-refractivity contribution in [2.24, 2.45) is 4.99 Å². The number of rotatable bonds is 4. The number of allylic oxidation sites excluding steroid dienone is 1. The molecule has 0 atom stereocenters. The highest BCUT2D eigenvalue weighted by Crippen LogP contribution is 1.87. The van der Waals surface area contributed by atoms with Crippen LogP contribution in [0, 0.1) is 0 Å². The first-order valence-corrected chi connectivity index (χ1v) is 2.85. The highest BCUT2D eigenvalue weighted by Gasteiger charge is 1.82. The first-order valence-electron chi connectivity index (χ1n) is 2.85. The fraction of sp³-hybridized carbons (Fsp3) is 0.143. The van der Waals surface area contributed by atoms with Gasteiger partial charge < -0.3 is 5.32 Å². The van der Waals surface area contributed by atoms with Gasteiger partial charge >= 0.3 is 0 Å². The predicted octanol–water partition coefficient (Wildman–Crippen LogP) is 0.850. The van der Waals surface area contributed by atoms with Crippen LogP contribution in [0.4, 0.5) is 0 Å². The van der Waals surface area contributed by atoms with Gasteiger partial charge in [0.1, 0.15) is 0 Å².